The standard InChI is InChI=1S/C13H14ClN3OS2.2ClH/c14-11-4-3-10(20-11)13-17-9(6-19-13)12(18)16-8(5-15)7-1-2-7;;/h3-4,6-8H,1-2,5,15H2,(H,16,18);2*1H. The summed E-state index contributed by atoms with van der Waals surface area (Å²) in [6, 6.07) is 3.82. The first kappa shape index (κ1) is 19.7. The normalized spacial score (nSPS) is 14.6. The molecule has 2 aromatic heterocycles. The van der Waals surface area contributed by atoms with Crippen molar-refractivity contribution in [1.82, 2.24) is 10.3 Å². The summed E-state index contributed by atoms with van der Waals surface area (Å²) in [5, 5.41) is 5.57. The van der Waals surface area contributed by atoms with E-state index >= 15 is 0 Å². The Balaban J connectivity index is 0.00000121. The third-order valence-corrected chi connectivity index (χ3v) is 5.52. The molecule has 0 radical (unpaired) electrons. The van der Waals surface area contributed by atoms with Gasteiger partial charge in [0.1, 0.15) is 10.7 Å². The van der Waals surface area contributed by atoms with Crippen molar-refractivity contribution in [3.63, 3.8) is 0 Å². The van der Waals surface area contributed by atoms with Gasteiger partial charge in [0.05, 0.1) is 9.21 Å². The molecule has 2 heterocycles. The van der Waals surface area contributed by atoms with Crippen LogP contribution in [-0.4, -0.2) is 23.5 Å². The molecule has 0 saturated heterocycles. The van der Waals surface area contributed by atoms with Gasteiger partial charge >= 0.3 is 0 Å². The molecule has 3 N–H and O–H groups in total. The van der Waals surface area contributed by atoms with Gasteiger partial charge in [-0.1, -0.05) is 11.6 Å². The lowest BCUT2D eigenvalue weighted by atomic mass is 10.2. The summed E-state index contributed by atoms with van der Waals surface area (Å²) < 4.78 is 0.720. The molecule has 1 aliphatic carbocycles. The summed E-state index contributed by atoms with van der Waals surface area (Å²) in [7, 11) is 0. The minimum atomic E-state index is -0.141. The Bertz CT molecular complexity index is 628. The second-order valence-electron chi connectivity index (χ2n) is 4.79. The highest BCUT2D eigenvalue weighted by Crippen LogP contribution is 2.34. The molecular formula is C13H16Cl3N3OS2. The fourth-order valence-electron chi connectivity index (χ4n) is 2.03. The molecule has 3 rings (SSSR count). The molecule has 9 heteroatoms. The second-order valence-corrected chi connectivity index (χ2v) is 7.37. The Morgan fingerprint density at radius 3 is 2.73 bits per heavy atom. The number of hydrogen-bond donors (Lipinski definition) is 2. The summed E-state index contributed by atoms with van der Waals surface area (Å²) in [6.07, 6.45) is 2.30. The second kappa shape index (κ2) is 8.47. The minimum Gasteiger partial charge on any atom is -0.346 e. The van der Waals surface area contributed by atoms with Crippen molar-refractivity contribution in [2.24, 2.45) is 11.7 Å². The lowest BCUT2D eigenvalue weighted by Gasteiger charge is -2.14. The summed E-state index contributed by atoms with van der Waals surface area (Å²) >= 11 is 8.82. The molecule has 2 aromatic rings. The van der Waals surface area contributed by atoms with E-state index in [1.54, 1.807) is 5.38 Å². The van der Waals surface area contributed by atoms with Crippen molar-refractivity contribution in [1.29, 1.82) is 0 Å². The molecule has 1 amide bonds. The van der Waals surface area contributed by atoms with Gasteiger partial charge in [-0.3, -0.25) is 4.79 Å². The maximum absolute atomic E-state index is 12.2. The van der Waals surface area contributed by atoms with Gasteiger partial charge in [-0.25, -0.2) is 4.98 Å². The first-order chi connectivity index (χ1) is 9.67. The Morgan fingerprint density at radius 1 is 1.45 bits per heavy atom. The van der Waals surface area contributed by atoms with Crippen molar-refractivity contribution >= 4 is 65.0 Å². The maximum atomic E-state index is 12.2. The van der Waals surface area contributed by atoms with Crippen LogP contribution < -0.4 is 11.1 Å². The monoisotopic (exact) mass is 399 g/mol. The number of nitrogens with zero attached hydrogens (tertiary/aromatic N) is 1. The van der Waals surface area contributed by atoms with Crippen LogP contribution in [0.25, 0.3) is 9.88 Å². The number of aromatic nitrogens is 1. The zero-order valence-corrected chi connectivity index (χ0v) is 15.5. The van der Waals surface area contributed by atoms with Gasteiger partial charge < -0.3 is 11.1 Å². The van der Waals surface area contributed by atoms with Gasteiger partial charge in [0.15, 0.2) is 0 Å². The number of nitrogens with two attached hydrogens (primary N) is 1. The lowest BCUT2D eigenvalue weighted by Crippen LogP contribution is -2.41. The zero-order valence-electron chi connectivity index (χ0n) is 11.5. The Kier molecular flexibility index (Phi) is 7.58. The number of nitrogens with one attached hydrogen (secondary N) is 1. The zero-order chi connectivity index (χ0) is 14.1. The van der Waals surface area contributed by atoms with Gasteiger partial charge in [0.2, 0.25) is 0 Å². The van der Waals surface area contributed by atoms with Gasteiger partial charge in [-0.2, -0.15) is 0 Å². The highest BCUT2D eigenvalue weighted by atomic mass is 35.5. The molecule has 1 aliphatic rings. The number of amides is 1. The summed E-state index contributed by atoms with van der Waals surface area (Å²) in [4.78, 5) is 17.5. The molecule has 0 bridgehead atoms. The maximum Gasteiger partial charge on any atom is 0.271 e. The highest BCUT2D eigenvalue weighted by molar-refractivity contribution is 7.23. The molecule has 1 unspecified atom stereocenters. The number of thiazole rings is 1. The summed E-state index contributed by atoms with van der Waals surface area (Å²) in [6.45, 7) is 0.480. The molecule has 22 heavy (non-hydrogen) atoms. The van der Waals surface area contributed by atoms with Crippen LogP contribution >= 0.6 is 59.1 Å². The average molecular weight is 401 g/mol. The van der Waals surface area contributed by atoms with Gasteiger partial charge in [-0.05, 0) is 30.9 Å². The fourth-order valence-corrected chi connectivity index (χ4v) is 3.95. The molecular weight excluding hydrogens is 385 g/mol. The summed E-state index contributed by atoms with van der Waals surface area (Å²) in [5.74, 6) is 0.399. The molecule has 1 saturated carbocycles. The molecule has 0 aliphatic heterocycles. The molecule has 4 nitrogen and oxygen atoms in total. The number of rotatable bonds is 5. The van der Waals surface area contributed by atoms with Crippen LogP contribution in [0.1, 0.15) is 23.3 Å². The van der Waals surface area contributed by atoms with Gasteiger partial charge in [-0.15, -0.1) is 47.5 Å². The number of halogens is 3. The fraction of sp³-hybridized carbons (Fsp3) is 0.385. The Morgan fingerprint density at radius 2 is 2.18 bits per heavy atom. The van der Waals surface area contributed by atoms with E-state index in [-0.39, 0.29) is 36.8 Å². The topological polar surface area (TPSA) is 68.0 Å². The van der Waals surface area contributed by atoms with Crippen LogP contribution in [0.15, 0.2) is 17.5 Å². The number of carbonyl (C=O) groups excluding carboxylic acids is 1. The van der Waals surface area contributed by atoms with Crippen LogP contribution in [0.4, 0.5) is 0 Å². The van der Waals surface area contributed by atoms with E-state index in [0.717, 1.165) is 27.1 Å². The number of hydrogen-bond acceptors (Lipinski definition) is 5. The molecule has 1 atom stereocenters. The predicted octanol–water partition coefficient (Wildman–Crippen LogP) is 3.84. The van der Waals surface area contributed by atoms with Crippen molar-refractivity contribution < 1.29 is 4.79 Å². The average Bonchev–Trinajstić information content (AvgIpc) is 2.99. The molecule has 1 fully saturated rings. The van der Waals surface area contributed by atoms with E-state index in [1.165, 1.54) is 22.7 Å². The van der Waals surface area contributed by atoms with E-state index in [1.807, 2.05) is 12.1 Å². The molecule has 0 spiro atoms. The quantitative estimate of drug-likeness (QED) is 0.801. The van der Waals surface area contributed by atoms with Crippen molar-refractivity contribution in [2.75, 3.05) is 6.54 Å². The van der Waals surface area contributed by atoms with Crippen LogP contribution in [0.2, 0.25) is 4.34 Å². The smallest absolute Gasteiger partial charge is 0.271 e. The van der Waals surface area contributed by atoms with Crippen molar-refractivity contribution in [3.05, 3.63) is 27.5 Å². The van der Waals surface area contributed by atoms with Gasteiger partial charge in [0.25, 0.3) is 5.91 Å². The third kappa shape index (κ3) is 4.57. The minimum absolute atomic E-state index is 0. The third-order valence-electron chi connectivity index (χ3n) is 3.28. The Labute approximate surface area is 154 Å². The van der Waals surface area contributed by atoms with E-state index in [0.29, 0.717) is 18.2 Å². The van der Waals surface area contributed by atoms with E-state index in [4.69, 9.17) is 17.3 Å². The van der Waals surface area contributed by atoms with Crippen LogP contribution in [0, 0.1) is 5.92 Å². The van der Waals surface area contributed by atoms with E-state index < -0.39 is 0 Å². The van der Waals surface area contributed by atoms with Crippen LogP contribution in [-0.2, 0) is 0 Å². The SMILES string of the molecule is Cl.Cl.NCC(NC(=O)c1csc(-c2ccc(Cl)s2)n1)C1CC1. The van der Waals surface area contributed by atoms with Gasteiger partial charge in [0, 0.05) is 18.0 Å². The van der Waals surface area contributed by atoms with Crippen molar-refractivity contribution in [2.45, 2.75) is 18.9 Å². The first-order valence-corrected chi connectivity index (χ1v) is 8.47. The Hall–Kier alpha value is -0.370. The van der Waals surface area contributed by atoms with Crippen molar-refractivity contribution in [3.8, 4) is 9.88 Å². The van der Waals surface area contributed by atoms with E-state index in [9.17, 15) is 4.79 Å². The molecule has 0 aromatic carbocycles. The van der Waals surface area contributed by atoms with Crippen LogP contribution in [0.3, 0.4) is 0 Å². The van der Waals surface area contributed by atoms with Crippen LogP contribution in [0.5, 0.6) is 0 Å². The summed E-state index contributed by atoms with van der Waals surface area (Å²) in [5.41, 5.74) is 6.15. The first-order valence-electron chi connectivity index (χ1n) is 6.39. The molecule has 122 valence electrons. The van der Waals surface area contributed by atoms with E-state index in [2.05, 4.69) is 10.3 Å². The largest absolute Gasteiger partial charge is 0.346 e. The predicted molar refractivity (Wildman–Crippen MR) is 98.0 cm³/mol. The number of thiophene rings is 1. The lowest BCUT2D eigenvalue weighted by molar-refractivity contribution is 0.0929. The highest BCUT2D eigenvalue weighted by Gasteiger charge is 2.31. The number of carbonyl (C=O) groups is 1.